The van der Waals surface area contributed by atoms with Crippen LogP contribution in [0.25, 0.3) is 10.1 Å². The Hall–Kier alpha value is -2.18. The molecule has 126 valence electrons. The second-order valence-electron chi connectivity index (χ2n) is 5.91. The summed E-state index contributed by atoms with van der Waals surface area (Å²) in [5, 5.41) is 18.2. The Morgan fingerprint density at radius 2 is 2.12 bits per heavy atom. The van der Waals surface area contributed by atoms with E-state index in [0.29, 0.717) is 5.76 Å². The highest BCUT2D eigenvalue weighted by molar-refractivity contribution is 7.19. The molecule has 0 spiro atoms. The predicted octanol–water partition coefficient (Wildman–Crippen LogP) is 3.46. The van der Waals surface area contributed by atoms with Crippen molar-refractivity contribution in [1.82, 2.24) is 10.5 Å². The highest BCUT2D eigenvalue weighted by Gasteiger charge is 2.23. The first kappa shape index (κ1) is 16.7. The minimum Gasteiger partial charge on any atom is -0.386 e. The van der Waals surface area contributed by atoms with Crippen LogP contribution >= 0.6 is 11.3 Å². The Kier molecular flexibility index (Phi) is 4.69. The molecular weight excluding hydrogens is 324 g/mol. The van der Waals surface area contributed by atoms with Gasteiger partial charge in [0.2, 0.25) is 5.91 Å². The minimum absolute atomic E-state index is 0.149. The number of nitrogens with zero attached hydrogens (tertiary/aromatic N) is 1. The summed E-state index contributed by atoms with van der Waals surface area (Å²) in [6.45, 7) is 5.61. The van der Waals surface area contributed by atoms with Crippen LogP contribution in [0.4, 0.5) is 0 Å². The predicted molar refractivity (Wildman–Crippen MR) is 94.2 cm³/mol. The zero-order valence-electron chi connectivity index (χ0n) is 13.9. The lowest BCUT2D eigenvalue weighted by molar-refractivity contribution is -0.122. The fraction of sp³-hybridized carbons (Fsp3) is 0.333. The molecule has 0 bridgehead atoms. The van der Waals surface area contributed by atoms with Crippen LogP contribution in [0.5, 0.6) is 0 Å². The lowest BCUT2D eigenvalue weighted by Gasteiger charge is -2.14. The van der Waals surface area contributed by atoms with Crippen LogP contribution in [0.1, 0.15) is 40.8 Å². The summed E-state index contributed by atoms with van der Waals surface area (Å²) in [7, 11) is 0. The zero-order chi connectivity index (χ0) is 17.3. The second kappa shape index (κ2) is 6.75. The first-order chi connectivity index (χ1) is 11.5. The van der Waals surface area contributed by atoms with Gasteiger partial charge >= 0.3 is 0 Å². The van der Waals surface area contributed by atoms with Crippen LogP contribution in [0.3, 0.4) is 0 Å². The molecule has 2 atom stereocenters. The maximum absolute atomic E-state index is 12.4. The average molecular weight is 344 g/mol. The molecular formula is C18H20N2O3S. The molecule has 0 aliphatic carbocycles. The molecule has 5 nitrogen and oxygen atoms in total. The maximum Gasteiger partial charge on any atom is 0.227 e. The molecule has 2 aromatic heterocycles. The standard InChI is InChI=1S/C18H20N2O3S/c1-10(17-11(2)20-23-12(17)3)18(22)19-9-14(21)16-8-13-6-4-5-7-15(13)24-16/h4-8,10,14,21H,9H2,1-3H3,(H,19,22). The summed E-state index contributed by atoms with van der Waals surface area (Å²) in [5.41, 5.74) is 1.53. The van der Waals surface area contributed by atoms with Crippen molar-refractivity contribution >= 4 is 27.3 Å². The highest BCUT2D eigenvalue weighted by Crippen LogP contribution is 2.29. The number of aliphatic hydroxyl groups is 1. The summed E-state index contributed by atoms with van der Waals surface area (Å²) in [4.78, 5) is 13.2. The number of carbonyl (C=O) groups is 1. The number of aliphatic hydroxyl groups excluding tert-OH is 1. The van der Waals surface area contributed by atoms with Crippen molar-refractivity contribution in [3.05, 3.63) is 52.2 Å². The van der Waals surface area contributed by atoms with E-state index in [1.165, 1.54) is 0 Å². The average Bonchev–Trinajstić information content (AvgIpc) is 3.15. The number of aromatic nitrogens is 1. The van der Waals surface area contributed by atoms with Gasteiger partial charge in [0, 0.05) is 21.7 Å². The van der Waals surface area contributed by atoms with Crippen molar-refractivity contribution in [3.63, 3.8) is 0 Å². The largest absolute Gasteiger partial charge is 0.386 e. The van der Waals surface area contributed by atoms with Crippen LogP contribution in [-0.2, 0) is 4.79 Å². The van der Waals surface area contributed by atoms with Gasteiger partial charge < -0.3 is 14.9 Å². The number of rotatable bonds is 5. The molecule has 6 heteroatoms. The number of hydrogen-bond acceptors (Lipinski definition) is 5. The minimum atomic E-state index is -0.719. The van der Waals surface area contributed by atoms with Crippen molar-refractivity contribution in [2.24, 2.45) is 0 Å². The summed E-state index contributed by atoms with van der Waals surface area (Å²) < 4.78 is 6.24. The van der Waals surface area contributed by atoms with Gasteiger partial charge in [-0.1, -0.05) is 23.4 Å². The summed E-state index contributed by atoms with van der Waals surface area (Å²) in [5.74, 6) is 0.135. The van der Waals surface area contributed by atoms with Gasteiger partial charge in [0.25, 0.3) is 0 Å². The molecule has 2 heterocycles. The van der Waals surface area contributed by atoms with Crippen molar-refractivity contribution in [3.8, 4) is 0 Å². The van der Waals surface area contributed by atoms with Gasteiger partial charge in [-0.25, -0.2) is 0 Å². The van der Waals surface area contributed by atoms with Crippen LogP contribution in [0.2, 0.25) is 0 Å². The SMILES string of the molecule is Cc1noc(C)c1C(C)C(=O)NCC(O)c1cc2ccccc2s1. The van der Waals surface area contributed by atoms with E-state index in [1.54, 1.807) is 18.3 Å². The quantitative estimate of drug-likeness (QED) is 0.743. The topological polar surface area (TPSA) is 75.4 Å². The van der Waals surface area contributed by atoms with E-state index >= 15 is 0 Å². The molecule has 0 aliphatic rings. The molecule has 2 N–H and O–H groups in total. The first-order valence-corrected chi connectivity index (χ1v) is 8.66. The maximum atomic E-state index is 12.4. The molecule has 3 aromatic rings. The van der Waals surface area contributed by atoms with Crippen molar-refractivity contribution in [1.29, 1.82) is 0 Å². The lowest BCUT2D eigenvalue weighted by atomic mass is 9.98. The van der Waals surface area contributed by atoms with Crippen molar-refractivity contribution < 1.29 is 14.4 Å². The van der Waals surface area contributed by atoms with E-state index in [9.17, 15) is 9.90 Å². The lowest BCUT2D eigenvalue weighted by Crippen LogP contribution is -2.32. The van der Waals surface area contributed by atoms with E-state index in [0.717, 1.165) is 26.2 Å². The third-order valence-corrected chi connectivity index (χ3v) is 5.37. The smallest absolute Gasteiger partial charge is 0.227 e. The Bertz CT molecular complexity index is 816. The third kappa shape index (κ3) is 3.20. The van der Waals surface area contributed by atoms with E-state index in [4.69, 9.17) is 4.52 Å². The van der Waals surface area contributed by atoms with Crippen LogP contribution in [0.15, 0.2) is 34.9 Å². The number of thiophene rings is 1. The fourth-order valence-corrected chi connectivity index (χ4v) is 3.91. The summed E-state index contributed by atoms with van der Waals surface area (Å²) in [6, 6.07) is 9.95. The Labute approximate surface area is 144 Å². The molecule has 1 aromatic carbocycles. The molecule has 0 saturated carbocycles. The van der Waals surface area contributed by atoms with Gasteiger partial charge in [-0.2, -0.15) is 0 Å². The number of carbonyl (C=O) groups excluding carboxylic acids is 1. The van der Waals surface area contributed by atoms with E-state index in [-0.39, 0.29) is 18.4 Å². The molecule has 0 aliphatic heterocycles. The number of hydrogen-bond donors (Lipinski definition) is 2. The van der Waals surface area contributed by atoms with Gasteiger partial charge in [0.15, 0.2) is 0 Å². The molecule has 2 unspecified atom stereocenters. The molecule has 1 amide bonds. The number of fused-ring (bicyclic) bond motifs is 1. The van der Waals surface area contributed by atoms with Gasteiger partial charge in [0.1, 0.15) is 11.9 Å². The molecule has 0 fully saturated rings. The highest BCUT2D eigenvalue weighted by atomic mass is 32.1. The van der Waals surface area contributed by atoms with Crippen molar-refractivity contribution in [2.75, 3.05) is 6.54 Å². The monoisotopic (exact) mass is 344 g/mol. The molecule has 0 saturated heterocycles. The van der Waals surface area contributed by atoms with Crippen LogP contribution < -0.4 is 5.32 Å². The van der Waals surface area contributed by atoms with E-state index < -0.39 is 6.10 Å². The van der Waals surface area contributed by atoms with Gasteiger partial charge in [-0.05, 0) is 38.3 Å². The number of aryl methyl sites for hydroxylation is 2. The normalized spacial score (nSPS) is 13.8. The zero-order valence-corrected chi connectivity index (χ0v) is 14.7. The molecule has 0 radical (unpaired) electrons. The number of amides is 1. The second-order valence-corrected chi connectivity index (χ2v) is 7.02. The number of benzene rings is 1. The summed E-state index contributed by atoms with van der Waals surface area (Å²) in [6.07, 6.45) is -0.719. The molecule has 24 heavy (non-hydrogen) atoms. The first-order valence-electron chi connectivity index (χ1n) is 7.84. The van der Waals surface area contributed by atoms with Crippen molar-refractivity contribution in [2.45, 2.75) is 32.8 Å². The van der Waals surface area contributed by atoms with Gasteiger partial charge in [-0.3, -0.25) is 4.79 Å². The van der Waals surface area contributed by atoms with Gasteiger partial charge in [-0.15, -0.1) is 11.3 Å². The van der Waals surface area contributed by atoms with Crippen LogP contribution in [0, 0.1) is 13.8 Å². The van der Waals surface area contributed by atoms with Gasteiger partial charge in [0.05, 0.1) is 11.6 Å². The Balaban J connectivity index is 1.65. The summed E-state index contributed by atoms with van der Waals surface area (Å²) >= 11 is 1.54. The molecule has 3 rings (SSSR count). The Morgan fingerprint density at radius 3 is 2.79 bits per heavy atom. The Morgan fingerprint density at radius 1 is 1.38 bits per heavy atom. The van der Waals surface area contributed by atoms with E-state index in [2.05, 4.69) is 10.5 Å². The van der Waals surface area contributed by atoms with E-state index in [1.807, 2.05) is 44.2 Å². The van der Waals surface area contributed by atoms with Crippen LogP contribution in [-0.4, -0.2) is 22.7 Å². The third-order valence-electron chi connectivity index (χ3n) is 4.16. The number of nitrogens with one attached hydrogen (secondary N) is 1. The fourth-order valence-electron chi connectivity index (χ4n) is 2.86.